The van der Waals surface area contributed by atoms with Crippen LogP contribution >= 0.6 is 0 Å². The van der Waals surface area contributed by atoms with Crippen LogP contribution in [0, 0.1) is 31.1 Å². The van der Waals surface area contributed by atoms with Gasteiger partial charge < -0.3 is 19.9 Å². The number of carbonyl (C=O) groups excluding carboxylic acids is 2. The Hall–Kier alpha value is -3.37. The van der Waals surface area contributed by atoms with Crippen LogP contribution in [0.25, 0.3) is 6.08 Å². The van der Waals surface area contributed by atoms with Crippen molar-refractivity contribution in [2.75, 3.05) is 19.0 Å². The lowest BCUT2D eigenvalue weighted by molar-refractivity contribution is -0.117. The minimum atomic E-state index is -0.443. The second-order valence-corrected chi connectivity index (χ2v) is 8.70. The average molecular weight is 451 g/mol. The summed E-state index contributed by atoms with van der Waals surface area (Å²) in [4.78, 5) is 24.7. The lowest BCUT2D eigenvalue weighted by atomic mass is 10.1. The van der Waals surface area contributed by atoms with E-state index in [1.165, 1.54) is 0 Å². The molecule has 1 unspecified atom stereocenters. The molecule has 176 valence electrons. The summed E-state index contributed by atoms with van der Waals surface area (Å²) in [5.74, 6) is -0.212. The third-order valence-corrected chi connectivity index (χ3v) is 5.29. The second kappa shape index (κ2) is 12.0. The smallest absolute Gasteiger partial charge is 0.262 e. The number of hydrogen-bond donors (Lipinski definition) is 2. The molecule has 1 aromatic heterocycles. The Bertz CT molecular complexity index is 1060. The minimum Gasteiger partial charge on any atom is -0.383 e. The average Bonchev–Trinajstić information content (AvgIpc) is 3.02. The van der Waals surface area contributed by atoms with Gasteiger partial charge in [-0.1, -0.05) is 26.0 Å². The van der Waals surface area contributed by atoms with Crippen molar-refractivity contribution < 1.29 is 14.3 Å². The Morgan fingerprint density at radius 2 is 1.94 bits per heavy atom. The highest BCUT2D eigenvalue weighted by molar-refractivity contribution is 6.01. The van der Waals surface area contributed by atoms with E-state index in [1.54, 1.807) is 13.2 Å². The number of nitrogens with one attached hydrogen (secondary N) is 2. The molecule has 0 fully saturated rings. The summed E-state index contributed by atoms with van der Waals surface area (Å²) >= 11 is 0. The molecule has 0 saturated carbocycles. The van der Waals surface area contributed by atoms with Crippen molar-refractivity contribution >= 4 is 23.6 Å². The van der Waals surface area contributed by atoms with Crippen molar-refractivity contribution in [2.45, 2.75) is 53.6 Å². The molecule has 2 N–H and O–H groups in total. The first-order valence-corrected chi connectivity index (χ1v) is 11.1. The van der Waals surface area contributed by atoms with E-state index in [9.17, 15) is 14.9 Å². The lowest BCUT2D eigenvalue weighted by Gasteiger charge is -2.17. The fraction of sp³-hybridized carbons (Fsp3) is 0.423. The van der Waals surface area contributed by atoms with Crippen molar-refractivity contribution in [1.29, 1.82) is 5.26 Å². The predicted molar refractivity (Wildman–Crippen MR) is 130 cm³/mol. The maximum atomic E-state index is 12.7. The van der Waals surface area contributed by atoms with E-state index in [2.05, 4.69) is 22.1 Å². The Kier molecular flexibility index (Phi) is 9.43. The SMILES string of the molecule is COCC(C)n1c(C)cc(/C=C(/C#N)C(=O)NCc2cccc(NC(=O)CC(C)C)c2)c1C. The number of nitriles is 1. The van der Waals surface area contributed by atoms with Crippen molar-refractivity contribution in [3.63, 3.8) is 0 Å². The fourth-order valence-corrected chi connectivity index (χ4v) is 3.87. The van der Waals surface area contributed by atoms with Gasteiger partial charge in [0.25, 0.3) is 5.91 Å². The van der Waals surface area contributed by atoms with E-state index >= 15 is 0 Å². The zero-order valence-corrected chi connectivity index (χ0v) is 20.4. The summed E-state index contributed by atoms with van der Waals surface area (Å²) < 4.78 is 7.40. The zero-order chi connectivity index (χ0) is 24.5. The molecule has 0 radical (unpaired) electrons. The van der Waals surface area contributed by atoms with E-state index in [1.807, 2.05) is 64.1 Å². The maximum absolute atomic E-state index is 12.7. The molecule has 7 heteroatoms. The topological polar surface area (TPSA) is 96.2 Å². The molecule has 1 atom stereocenters. The summed E-state index contributed by atoms with van der Waals surface area (Å²) in [6.07, 6.45) is 2.07. The van der Waals surface area contributed by atoms with Crippen LogP contribution in [0.3, 0.4) is 0 Å². The van der Waals surface area contributed by atoms with Gasteiger partial charge in [0.15, 0.2) is 0 Å². The van der Waals surface area contributed by atoms with E-state index < -0.39 is 5.91 Å². The molecule has 0 aliphatic heterocycles. The molecular weight excluding hydrogens is 416 g/mol. The highest BCUT2D eigenvalue weighted by Crippen LogP contribution is 2.23. The number of aromatic nitrogens is 1. The molecule has 0 spiro atoms. The summed E-state index contributed by atoms with van der Waals surface area (Å²) in [5.41, 5.74) is 4.39. The Morgan fingerprint density at radius 1 is 1.21 bits per heavy atom. The third kappa shape index (κ3) is 7.33. The highest BCUT2D eigenvalue weighted by Gasteiger charge is 2.16. The zero-order valence-electron chi connectivity index (χ0n) is 20.4. The van der Waals surface area contributed by atoms with Gasteiger partial charge in [0.1, 0.15) is 11.6 Å². The molecule has 1 aromatic carbocycles. The van der Waals surface area contributed by atoms with Crippen LogP contribution in [-0.2, 0) is 20.9 Å². The molecule has 2 aromatic rings. The van der Waals surface area contributed by atoms with Crippen LogP contribution in [0.15, 0.2) is 35.9 Å². The Balaban J connectivity index is 2.10. The molecule has 1 heterocycles. The molecule has 7 nitrogen and oxygen atoms in total. The number of aryl methyl sites for hydroxylation is 1. The van der Waals surface area contributed by atoms with Crippen LogP contribution in [0.4, 0.5) is 5.69 Å². The van der Waals surface area contributed by atoms with Crippen molar-refractivity contribution in [3.05, 3.63) is 58.4 Å². The number of rotatable bonds is 10. The van der Waals surface area contributed by atoms with Crippen molar-refractivity contribution in [1.82, 2.24) is 9.88 Å². The first kappa shape index (κ1) is 25.9. The van der Waals surface area contributed by atoms with Gasteiger partial charge in [0, 0.05) is 37.2 Å². The van der Waals surface area contributed by atoms with Crippen LogP contribution in [-0.4, -0.2) is 30.1 Å². The summed E-state index contributed by atoms with van der Waals surface area (Å²) in [5, 5.41) is 15.2. The van der Waals surface area contributed by atoms with Gasteiger partial charge in [0.05, 0.1) is 12.6 Å². The number of nitrogens with zero attached hydrogens (tertiary/aromatic N) is 2. The number of hydrogen-bond acceptors (Lipinski definition) is 4. The van der Waals surface area contributed by atoms with Crippen molar-refractivity contribution in [2.24, 2.45) is 5.92 Å². The van der Waals surface area contributed by atoms with Gasteiger partial charge in [-0.25, -0.2) is 0 Å². The van der Waals surface area contributed by atoms with Crippen LogP contribution in [0.1, 0.15) is 55.7 Å². The van der Waals surface area contributed by atoms with Gasteiger partial charge in [-0.3, -0.25) is 9.59 Å². The number of methoxy groups -OCH3 is 1. The predicted octanol–water partition coefficient (Wildman–Crippen LogP) is 4.52. The standard InChI is InChI=1S/C26H34N4O3/c1-17(2)10-25(31)29-24-9-7-8-21(12-24)15-28-26(32)23(14-27)13-22-11-18(3)30(20(22)5)19(4)16-33-6/h7-9,11-13,17,19H,10,15-16H2,1-6H3,(H,28,32)(H,29,31)/b23-13-. The normalized spacial score (nSPS) is 12.4. The van der Waals surface area contributed by atoms with Crippen LogP contribution in [0.5, 0.6) is 0 Å². The quantitative estimate of drug-likeness (QED) is 0.411. The molecule has 0 bridgehead atoms. The second-order valence-electron chi connectivity index (χ2n) is 8.70. The molecule has 0 saturated heterocycles. The number of anilines is 1. The summed E-state index contributed by atoms with van der Waals surface area (Å²) in [7, 11) is 1.67. The number of amides is 2. The van der Waals surface area contributed by atoms with Crippen molar-refractivity contribution in [3.8, 4) is 6.07 Å². The maximum Gasteiger partial charge on any atom is 0.262 e. The Labute approximate surface area is 196 Å². The van der Waals surface area contributed by atoms with Gasteiger partial charge in [-0.2, -0.15) is 5.26 Å². The number of ether oxygens (including phenoxy) is 1. The molecule has 33 heavy (non-hydrogen) atoms. The molecule has 0 aliphatic carbocycles. The van der Waals surface area contributed by atoms with Gasteiger partial charge in [-0.05, 0) is 62.1 Å². The lowest BCUT2D eigenvalue weighted by Crippen LogP contribution is -2.24. The number of benzene rings is 1. The van der Waals surface area contributed by atoms with E-state index in [0.717, 1.165) is 22.5 Å². The third-order valence-electron chi connectivity index (χ3n) is 5.29. The monoisotopic (exact) mass is 450 g/mol. The fourth-order valence-electron chi connectivity index (χ4n) is 3.87. The first-order chi connectivity index (χ1) is 15.7. The van der Waals surface area contributed by atoms with Crippen LogP contribution < -0.4 is 10.6 Å². The van der Waals surface area contributed by atoms with Gasteiger partial charge in [0.2, 0.25) is 5.91 Å². The largest absolute Gasteiger partial charge is 0.383 e. The molecule has 2 rings (SSSR count). The van der Waals surface area contributed by atoms with Gasteiger partial charge in [-0.15, -0.1) is 0 Å². The highest BCUT2D eigenvalue weighted by atomic mass is 16.5. The Morgan fingerprint density at radius 3 is 2.58 bits per heavy atom. The molecule has 2 amide bonds. The van der Waals surface area contributed by atoms with E-state index in [4.69, 9.17) is 4.74 Å². The van der Waals surface area contributed by atoms with E-state index in [0.29, 0.717) is 18.7 Å². The van der Waals surface area contributed by atoms with Crippen LogP contribution in [0.2, 0.25) is 0 Å². The van der Waals surface area contributed by atoms with E-state index in [-0.39, 0.29) is 30.0 Å². The summed E-state index contributed by atoms with van der Waals surface area (Å²) in [6.45, 7) is 10.8. The summed E-state index contributed by atoms with van der Waals surface area (Å²) in [6, 6.07) is 11.4. The first-order valence-electron chi connectivity index (χ1n) is 11.1. The van der Waals surface area contributed by atoms with Gasteiger partial charge >= 0.3 is 0 Å². The minimum absolute atomic E-state index is 0.0380. The molecule has 0 aliphatic rings. The number of carbonyl (C=O) groups is 2. The molecular formula is C26H34N4O3.